The summed E-state index contributed by atoms with van der Waals surface area (Å²) in [6.45, 7) is 4.16. The van der Waals surface area contributed by atoms with Crippen LogP contribution in [0.3, 0.4) is 0 Å². The van der Waals surface area contributed by atoms with Crippen molar-refractivity contribution in [3.8, 4) is 11.5 Å². The normalized spacial score (nSPS) is 20.4. The third kappa shape index (κ3) is 10.3. The van der Waals surface area contributed by atoms with E-state index in [1.807, 2.05) is 72.8 Å². The highest BCUT2D eigenvalue weighted by atomic mass is 19.4. The van der Waals surface area contributed by atoms with Gasteiger partial charge in [0.2, 0.25) is 0 Å². The van der Waals surface area contributed by atoms with Crippen molar-refractivity contribution in [2.75, 3.05) is 14.2 Å². The first-order chi connectivity index (χ1) is 28.2. The molecule has 59 heavy (non-hydrogen) atoms. The minimum absolute atomic E-state index is 0.153. The predicted molar refractivity (Wildman–Crippen MR) is 222 cm³/mol. The highest BCUT2D eigenvalue weighted by molar-refractivity contribution is 5.44. The zero-order chi connectivity index (χ0) is 42.3. The number of ether oxygens (including phenoxy) is 3. The first kappa shape index (κ1) is 43.4. The van der Waals surface area contributed by atoms with Gasteiger partial charge in [-0.1, -0.05) is 112 Å². The number of allylic oxidation sites excluding steroid dienone is 6. The minimum atomic E-state index is -4.52. The summed E-state index contributed by atoms with van der Waals surface area (Å²) in [5.74, 6) is -1.65. The zero-order valence-electron chi connectivity index (χ0n) is 34.0. The Morgan fingerprint density at radius 3 is 1.15 bits per heavy atom. The maximum Gasteiger partial charge on any atom is 0.395 e. The van der Waals surface area contributed by atoms with Crippen molar-refractivity contribution in [1.82, 2.24) is 0 Å². The van der Waals surface area contributed by atoms with Gasteiger partial charge in [0, 0.05) is 10.8 Å². The number of hydrogen-bond donors (Lipinski definition) is 0. The van der Waals surface area contributed by atoms with Gasteiger partial charge in [-0.2, -0.15) is 26.3 Å². The number of halogens is 6. The third-order valence-corrected chi connectivity index (χ3v) is 11.8. The number of alkyl halides is 6. The fourth-order valence-electron chi connectivity index (χ4n) is 8.41. The number of benzene rings is 4. The van der Waals surface area contributed by atoms with E-state index >= 15 is 0 Å². The van der Waals surface area contributed by atoms with Crippen LogP contribution in [0.15, 0.2) is 145 Å². The van der Waals surface area contributed by atoms with E-state index in [4.69, 9.17) is 14.2 Å². The van der Waals surface area contributed by atoms with E-state index in [9.17, 15) is 26.3 Å². The SMILES string of the molecule is CCCc1ccc(C2(C[C@@H](c3ccc(OC)cc3)C(F)(F)F)C=CC(OC3=CCC(C[C@@H](c4ccc(OC)cc4)C(F)(F)F)(c4ccc(CCC)cc4)C=C3)=CC2)cc1. The van der Waals surface area contributed by atoms with Crippen LogP contribution in [0, 0.1) is 0 Å². The van der Waals surface area contributed by atoms with E-state index in [1.165, 1.54) is 38.5 Å². The third-order valence-electron chi connectivity index (χ3n) is 11.8. The van der Waals surface area contributed by atoms with Crippen LogP contribution >= 0.6 is 0 Å². The van der Waals surface area contributed by atoms with Gasteiger partial charge in [0.05, 0.1) is 26.1 Å². The lowest BCUT2D eigenvalue weighted by Crippen LogP contribution is -2.33. The molecule has 4 aromatic carbocycles. The van der Waals surface area contributed by atoms with E-state index in [1.54, 1.807) is 36.4 Å². The summed E-state index contributed by atoms with van der Waals surface area (Å²) < 4.78 is 106. The lowest BCUT2D eigenvalue weighted by atomic mass is 9.68. The van der Waals surface area contributed by atoms with Gasteiger partial charge in [-0.3, -0.25) is 0 Å². The molecular formula is C50H52F6O3. The molecule has 2 aliphatic carbocycles. The monoisotopic (exact) mass is 814 g/mol. The van der Waals surface area contributed by atoms with Gasteiger partial charge in [-0.15, -0.1) is 0 Å². The fraction of sp³-hybridized carbons (Fsp3) is 0.360. The van der Waals surface area contributed by atoms with E-state index in [2.05, 4.69) is 13.8 Å². The summed E-state index contributed by atoms with van der Waals surface area (Å²) in [5.41, 5.74) is 2.08. The van der Waals surface area contributed by atoms with Gasteiger partial charge < -0.3 is 14.2 Å². The van der Waals surface area contributed by atoms with Crippen molar-refractivity contribution in [3.05, 3.63) is 178 Å². The minimum Gasteiger partial charge on any atom is -0.497 e. The van der Waals surface area contributed by atoms with Crippen molar-refractivity contribution in [2.45, 2.75) is 100 Å². The van der Waals surface area contributed by atoms with Gasteiger partial charge in [0.15, 0.2) is 0 Å². The van der Waals surface area contributed by atoms with Crippen molar-refractivity contribution >= 4 is 0 Å². The van der Waals surface area contributed by atoms with Crippen LogP contribution in [-0.2, 0) is 28.4 Å². The molecule has 312 valence electrons. The van der Waals surface area contributed by atoms with E-state index < -0.39 is 35.0 Å². The number of aryl methyl sites for hydroxylation is 2. The van der Waals surface area contributed by atoms with Gasteiger partial charge in [-0.05, 0) is 120 Å². The zero-order valence-corrected chi connectivity index (χ0v) is 34.0. The maximum atomic E-state index is 14.9. The second kappa shape index (κ2) is 18.4. The quantitative estimate of drug-likeness (QED) is 0.105. The Hall–Kier alpha value is -5.18. The molecule has 0 N–H and O–H groups in total. The Bertz CT molecular complexity index is 1960. The van der Waals surface area contributed by atoms with Crippen molar-refractivity contribution < 1.29 is 40.6 Å². The Kier molecular flexibility index (Phi) is 13.5. The van der Waals surface area contributed by atoms with E-state index in [-0.39, 0.29) is 36.8 Å². The Balaban J connectivity index is 1.28. The molecule has 0 radical (unpaired) electrons. The molecule has 0 aliphatic heterocycles. The lowest BCUT2D eigenvalue weighted by molar-refractivity contribution is -0.155. The van der Waals surface area contributed by atoms with Gasteiger partial charge in [0.25, 0.3) is 0 Å². The topological polar surface area (TPSA) is 27.7 Å². The summed E-state index contributed by atoms with van der Waals surface area (Å²) in [7, 11) is 2.95. The molecule has 4 aromatic rings. The Morgan fingerprint density at radius 2 is 0.881 bits per heavy atom. The summed E-state index contributed by atoms with van der Waals surface area (Å²) in [5, 5.41) is 0. The first-order valence-corrected chi connectivity index (χ1v) is 20.3. The summed E-state index contributed by atoms with van der Waals surface area (Å²) in [6.07, 6.45) is 5.32. The molecule has 0 bridgehead atoms. The molecule has 0 amide bonds. The molecule has 9 heteroatoms. The molecule has 3 nitrogen and oxygen atoms in total. The van der Waals surface area contributed by atoms with Crippen LogP contribution in [-0.4, -0.2) is 26.6 Å². The second-order valence-corrected chi connectivity index (χ2v) is 15.7. The molecular weight excluding hydrogens is 763 g/mol. The average Bonchev–Trinajstić information content (AvgIpc) is 3.23. The molecule has 4 atom stereocenters. The predicted octanol–water partition coefficient (Wildman–Crippen LogP) is 14.0. The average molecular weight is 815 g/mol. The van der Waals surface area contributed by atoms with Gasteiger partial charge >= 0.3 is 12.4 Å². The van der Waals surface area contributed by atoms with E-state index in [0.717, 1.165) is 47.9 Å². The Labute approximate surface area is 344 Å². The largest absolute Gasteiger partial charge is 0.497 e. The molecule has 2 unspecified atom stereocenters. The van der Waals surface area contributed by atoms with Crippen LogP contribution in [0.2, 0.25) is 0 Å². The van der Waals surface area contributed by atoms with Gasteiger partial charge in [0.1, 0.15) is 23.0 Å². The van der Waals surface area contributed by atoms with Crippen LogP contribution in [0.4, 0.5) is 26.3 Å². The standard InChI is InChI=1S/C50H52F6O3/c1-5-7-35-9-17-39(18-10-35)47(33-45(49(51,52)53)37-13-21-41(57-3)22-14-37)29-25-43(26-30-47)59-44-27-31-48(32-28-44,40-19-11-36(8-6-2)12-20-40)34-46(50(54,55)56)38-15-23-42(58-4)24-16-38/h9-29,31,45-46H,5-8,30,32-34H2,1-4H3/t45-,46-,47?,48?/m0/s1. The molecule has 6 rings (SSSR count). The van der Waals surface area contributed by atoms with E-state index in [0.29, 0.717) is 23.0 Å². The van der Waals surface area contributed by atoms with Crippen LogP contribution < -0.4 is 9.47 Å². The molecule has 0 fully saturated rings. The molecule has 0 saturated carbocycles. The number of methoxy groups -OCH3 is 2. The Morgan fingerprint density at radius 1 is 0.525 bits per heavy atom. The first-order valence-electron chi connectivity index (χ1n) is 20.3. The maximum absolute atomic E-state index is 14.9. The molecule has 2 aliphatic rings. The van der Waals surface area contributed by atoms with Crippen molar-refractivity contribution in [3.63, 3.8) is 0 Å². The lowest BCUT2D eigenvalue weighted by Gasteiger charge is -2.38. The summed E-state index contributed by atoms with van der Waals surface area (Å²) >= 11 is 0. The van der Waals surface area contributed by atoms with Crippen molar-refractivity contribution in [2.24, 2.45) is 0 Å². The highest BCUT2D eigenvalue weighted by Crippen LogP contribution is 2.50. The smallest absolute Gasteiger partial charge is 0.395 e. The fourth-order valence-corrected chi connectivity index (χ4v) is 8.41. The molecule has 0 spiro atoms. The molecule has 0 heterocycles. The number of rotatable bonds is 16. The highest BCUT2D eigenvalue weighted by Gasteiger charge is 2.48. The number of hydrogen-bond acceptors (Lipinski definition) is 3. The second-order valence-electron chi connectivity index (χ2n) is 15.7. The van der Waals surface area contributed by atoms with Crippen LogP contribution in [0.5, 0.6) is 11.5 Å². The van der Waals surface area contributed by atoms with Crippen molar-refractivity contribution in [1.29, 1.82) is 0 Å². The molecule has 0 saturated heterocycles. The summed E-state index contributed by atoms with van der Waals surface area (Å²) in [4.78, 5) is 0. The molecule has 0 aromatic heterocycles. The van der Waals surface area contributed by atoms with Crippen LogP contribution in [0.25, 0.3) is 0 Å². The van der Waals surface area contributed by atoms with Gasteiger partial charge in [-0.25, -0.2) is 0 Å². The van der Waals surface area contributed by atoms with Crippen LogP contribution in [0.1, 0.15) is 97.6 Å². The summed E-state index contributed by atoms with van der Waals surface area (Å²) in [6, 6.07) is 27.7.